The number of thiocarbonyl (C=S) groups is 1. The highest BCUT2D eigenvalue weighted by molar-refractivity contribution is 8.27. The molecule has 0 saturated carbocycles. The van der Waals surface area contributed by atoms with Gasteiger partial charge in [-0.2, -0.15) is 0 Å². The van der Waals surface area contributed by atoms with E-state index in [0.717, 1.165) is 11.8 Å². The number of aromatic carboxylic acids is 1. The second kappa shape index (κ2) is 6.78. The molecule has 3 rings (SSSR count). The van der Waals surface area contributed by atoms with Crippen LogP contribution in [0, 0.1) is 12.7 Å². The Balaban J connectivity index is 2.02. The van der Waals surface area contributed by atoms with Crippen LogP contribution in [-0.2, 0) is 4.79 Å². The number of carboxylic acid groups (broad SMARTS) is 1. The number of carbonyl (C=O) groups excluding carboxylic acids is 1. The molecule has 1 fully saturated rings. The fourth-order valence-electron chi connectivity index (χ4n) is 2.39. The summed E-state index contributed by atoms with van der Waals surface area (Å²) >= 11 is 6.34. The zero-order valence-electron chi connectivity index (χ0n) is 13.0. The summed E-state index contributed by atoms with van der Waals surface area (Å²) in [5.74, 6) is -1.92. The fourth-order valence-corrected chi connectivity index (χ4v) is 3.67. The van der Waals surface area contributed by atoms with Gasteiger partial charge >= 0.3 is 5.97 Å². The summed E-state index contributed by atoms with van der Waals surface area (Å²) in [6, 6.07) is 10.6. The standard InChI is InChI=1S/C18H12FNO3S2/c1-10-6-7-12(17(22)23)8-14(10)20-16(21)15(25-18(20)24)9-11-4-2-3-5-13(11)19/h2-9H,1H3,(H,22,23)/b15-9-. The Bertz CT molecular complexity index is 940. The molecule has 25 heavy (non-hydrogen) atoms. The number of thioether (sulfide) groups is 1. The molecule has 126 valence electrons. The number of aryl methyl sites for hydroxylation is 1. The fraction of sp³-hybridized carbons (Fsp3) is 0.0556. The molecular formula is C18H12FNO3S2. The summed E-state index contributed by atoms with van der Waals surface area (Å²) in [5.41, 5.74) is 1.49. The molecule has 7 heteroatoms. The van der Waals surface area contributed by atoms with Crippen LogP contribution in [0.2, 0.25) is 0 Å². The minimum absolute atomic E-state index is 0.0627. The number of carbonyl (C=O) groups is 2. The number of anilines is 1. The summed E-state index contributed by atoms with van der Waals surface area (Å²) in [4.78, 5) is 25.5. The van der Waals surface area contributed by atoms with Crippen molar-refractivity contribution in [3.05, 3.63) is 69.9 Å². The first-order valence-corrected chi connectivity index (χ1v) is 8.47. The first-order valence-electron chi connectivity index (χ1n) is 7.25. The number of nitrogens with zero attached hydrogens (tertiary/aromatic N) is 1. The first-order chi connectivity index (χ1) is 11.9. The zero-order valence-corrected chi connectivity index (χ0v) is 14.7. The number of amides is 1. The monoisotopic (exact) mass is 373 g/mol. The summed E-state index contributed by atoms with van der Waals surface area (Å²) in [5, 5.41) is 9.16. The second-order valence-corrected chi connectivity index (χ2v) is 7.02. The van der Waals surface area contributed by atoms with Crippen LogP contribution in [0.25, 0.3) is 6.08 Å². The smallest absolute Gasteiger partial charge is 0.335 e. The maximum absolute atomic E-state index is 13.8. The molecule has 0 atom stereocenters. The van der Waals surface area contributed by atoms with E-state index in [0.29, 0.717) is 16.8 Å². The molecule has 1 heterocycles. The number of carboxylic acids is 1. The first kappa shape index (κ1) is 17.3. The van der Waals surface area contributed by atoms with Crippen LogP contribution >= 0.6 is 24.0 Å². The zero-order chi connectivity index (χ0) is 18.1. The van der Waals surface area contributed by atoms with Crippen molar-refractivity contribution >= 4 is 51.9 Å². The van der Waals surface area contributed by atoms with Crippen LogP contribution in [-0.4, -0.2) is 21.3 Å². The van der Waals surface area contributed by atoms with Gasteiger partial charge in [0.15, 0.2) is 4.32 Å². The van der Waals surface area contributed by atoms with E-state index < -0.39 is 17.7 Å². The SMILES string of the molecule is Cc1ccc(C(=O)O)cc1N1C(=O)/C(=C/c2ccccc2F)SC1=S. The molecule has 2 aromatic rings. The topological polar surface area (TPSA) is 57.6 Å². The van der Waals surface area contributed by atoms with Gasteiger partial charge in [0.05, 0.1) is 16.2 Å². The Kier molecular flexibility index (Phi) is 4.69. The van der Waals surface area contributed by atoms with Crippen molar-refractivity contribution in [1.29, 1.82) is 0 Å². The molecule has 0 bridgehead atoms. The van der Waals surface area contributed by atoms with Crippen molar-refractivity contribution in [3.8, 4) is 0 Å². The molecule has 0 aromatic heterocycles. The van der Waals surface area contributed by atoms with E-state index in [9.17, 15) is 14.0 Å². The third kappa shape index (κ3) is 3.33. The number of hydrogen-bond donors (Lipinski definition) is 1. The second-order valence-electron chi connectivity index (χ2n) is 5.35. The van der Waals surface area contributed by atoms with E-state index >= 15 is 0 Å². The maximum Gasteiger partial charge on any atom is 0.335 e. The molecule has 1 aliphatic rings. The lowest BCUT2D eigenvalue weighted by Crippen LogP contribution is -2.28. The lowest BCUT2D eigenvalue weighted by molar-refractivity contribution is -0.113. The van der Waals surface area contributed by atoms with Gasteiger partial charge < -0.3 is 5.11 Å². The molecule has 0 radical (unpaired) electrons. The number of benzene rings is 2. The van der Waals surface area contributed by atoms with Crippen molar-refractivity contribution in [3.63, 3.8) is 0 Å². The van der Waals surface area contributed by atoms with Gasteiger partial charge in [0.2, 0.25) is 0 Å². The van der Waals surface area contributed by atoms with Crippen molar-refractivity contribution in [2.45, 2.75) is 6.92 Å². The van der Waals surface area contributed by atoms with Gasteiger partial charge in [-0.15, -0.1) is 0 Å². The minimum Gasteiger partial charge on any atom is -0.478 e. The highest BCUT2D eigenvalue weighted by Gasteiger charge is 2.34. The quantitative estimate of drug-likeness (QED) is 0.644. The van der Waals surface area contributed by atoms with Crippen LogP contribution in [0.3, 0.4) is 0 Å². The van der Waals surface area contributed by atoms with Crippen LogP contribution in [0.5, 0.6) is 0 Å². The van der Waals surface area contributed by atoms with E-state index in [2.05, 4.69) is 0 Å². The Hall–Kier alpha value is -2.51. The van der Waals surface area contributed by atoms with Crippen LogP contribution in [0.4, 0.5) is 10.1 Å². The molecule has 2 aromatic carbocycles. The molecule has 0 unspecified atom stereocenters. The van der Waals surface area contributed by atoms with Gasteiger partial charge in [-0.1, -0.05) is 48.2 Å². The highest BCUT2D eigenvalue weighted by Crippen LogP contribution is 2.37. The highest BCUT2D eigenvalue weighted by atomic mass is 32.2. The van der Waals surface area contributed by atoms with Crippen molar-refractivity contribution in [2.24, 2.45) is 0 Å². The van der Waals surface area contributed by atoms with E-state index in [4.69, 9.17) is 17.3 Å². The Morgan fingerprint density at radius 2 is 2.00 bits per heavy atom. The lowest BCUT2D eigenvalue weighted by atomic mass is 10.1. The van der Waals surface area contributed by atoms with E-state index in [-0.39, 0.29) is 14.8 Å². The van der Waals surface area contributed by atoms with E-state index in [1.165, 1.54) is 29.2 Å². The molecule has 1 amide bonds. The van der Waals surface area contributed by atoms with Gasteiger partial charge in [-0.25, -0.2) is 9.18 Å². The predicted octanol–water partition coefficient (Wildman–Crippen LogP) is 4.24. The molecule has 4 nitrogen and oxygen atoms in total. The third-order valence-corrected chi connectivity index (χ3v) is 4.98. The molecule has 1 saturated heterocycles. The van der Waals surface area contributed by atoms with Gasteiger partial charge in [0.1, 0.15) is 5.82 Å². The average Bonchev–Trinajstić information content (AvgIpc) is 2.84. The Labute approximate surface area is 153 Å². The van der Waals surface area contributed by atoms with Gasteiger partial charge in [0.25, 0.3) is 5.91 Å². The van der Waals surface area contributed by atoms with Gasteiger partial charge in [-0.05, 0) is 36.8 Å². The van der Waals surface area contributed by atoms with Crippen LogP contribution < -0.4 is 4.90 Å². The molecule has 1 N–H and O–H groups in total. The average molecular weight is 373 g/mol. The van der Waals surface area contributed by atoms with E-state index in [1.54, 1.807) is 31.2 Å². The van der Waals surface area contributed by atoms with Crippen molar-refractivity contribution in [1.82, 2.24) is 0 Å². The molecule has 0 aliphatic carbocycles. The lowest BCUT2D eigenvalue weighted by Gasteiger charge is -2.17. The number of halogens is 1. The Morgan fingerprint density at radius 1 is 1.28 bits per heavy atom. The summed E-state index contributed by atoms with van der Waals surface area (Å²) in [7, 11) is 0. The summed E-state index contributed by atoms with van der Waals surface area (Å²) in [6.45, 7) is 1.76. The van der Waals surface area contributed by atoms with Crippen LogP contribution in [0.15, 0.2) is 47.4 Å². The molecular weight excluding hydrogens is 361 g/mol. The van der Waals surface area contributed by atoms with E-state index in [1.807, 2.05) is 0 Å². The van der Waals surface area contributed by atoms with Crippen LogP contribution in [0.1, 0.15) is 21.5 Å². The summed E-state index contributed by atoms with van der Waals surface area (Å²) < 4.78 is 14.1. The minimum atomic E-state index is -1.09. The summed E-state index contributed by atoms with van der Waals surface area (Å²) in [6.07, 6.45) is 1.45. The van der Waals surface area contributed by atoms with Gasteiger partial charge in [-0.3, -0.25) is 9.69 Å². The van der Waals surface area contributed by atoms with Gasteiger partial charge in [0, 0.05) is 5.56 Å². The third-order valence-electron chi connectivity index (χ3n) is 3.68. The number of rotatable bonds is 3. The Morgan fingerprint density at radius 3 is 2.68 bits per heavy atom. The normalized spacial score (nSPS) is 15.9. The number of hydrogen-bond acceptors (Lipinski definition) is 4. The van der Waals surface area contributed by atoms with Crippen molar-refractivity contribution in [2.75, 3.05) is 4.90 Å². The predicted molar refractivity (Wildman–Crippen MR) is 100 cm³/mol. The van der Waals surface area contributed by atoms with Crippen molar-refractivity contribution < 1.29 is 19.1 Å². The largest absolute Gasteiger partial charge is 0.478 e. The maximum atomic E-state index is 13.8. The molecule has 1 aliphatic heterocycles. The molecule has 0 spiro atoms.